The predicted molar refractivity (Wildman–Crippen MR) is 80.1 cm³/mol. The van der Waals surface area contributed by atoms with E-state index >= 15 is 0 Å². The molecule has 0 saturated heterocycles. The van der Waals surface area contributed by atoms with Gasteiger partial charge >= 0.3 is 0 Å². The fraction of sp³-hybridized carbons (Fsp3) is 0.625. The minimum Gasteiger partial charge on any atom is -0.314 e. The summed E-state index contributed by atoms with van der Waals surface area (Å²) in [6.45, 7) is 3.25. The van der Waals surface area contributed by atoms with Crippen molar-refractivity contribution >= 4 is 11.3 Å². The average molecular weight is 261 g/mol. The molecule has 2 unspecified atom stereocenters. The zero-order valence-corrected chi connectivity index (χ0v) is 12.1. The number of hydrogen-bond acceptors (Lipinski definition) is 2. The second kappa shape index (κ2) is 6.97. The van der Waals surface area contributed by atoms with Crippen LogP contribution in [0.5, 0.6) is 0 Å². The maximum atomic E-state index is 5.36. The van der Waals surface area contributed by atoms with E-state index in [-0.39, 0.29) is 0 Å². The summed E-state index contributed by atoms with van der Waals surface area (Å²) < 4.78 is 0. The zero-order chi connectivity index (χ0) is 12.8. The first-order valence-electron chi connectivity index (χ1n) is 7.10. The van der Waals surface area contributed by atoms with Crippen LogP contribution < -0.4 is 5.32 Å². The largest absolute Gasteiger partial charge is 0.314 e. The normalized spacial score (nSPS) is 20.1. The summed E-state index contributed by atoms with van der Waals surface area (Å²) in [5.74, 6) is 3.46. The quantitative estimate of drug-likeness (QED) is 0.604. The molecular weight excluding hydrogens is 238 g/mol. The summed E-state index contributed by atoms with van der Waals surface area (Å²) in [7, 11) is 0. The first-order chi connectivity index (χ1) is 8.86. The van der Waals surface area contributed by atoms with Crippen LogP contribution in [-0.2, 0) is 6.42 Å². The standard InChI is InChI=1S/C16H23NS/c1-3-5-6-9-15(17-4-2)13-8-7-10-16-14(13)11-12-18-16/h1,11-13,15,17H,4-10H2,2H3. The van der Waals surface area contributed by atoms with Gasteiger partial charge in [-0.3, -0.25) is 0 Å². The van der Waals surface area contributed by atoms with Gasteiger partial charge in [-0.25, -0.2) is 0 Å². The van der Waals surface area contributed by atoms with Crippen molar-refractivity contribution in [1.29, 1.82) is 0 Å². The lowest BCUT2D eigenvalue weighted by molar-refractivity contribution is 0.375. The number of unbranched alkanes of at least 4 members (excludes halogenated alkanes) is 1. The Hall–Kier alpha value is -0.780. The molecule has 1 aromatic heterocycles. The van der Waals surface area contributed by atoms with Crippen molar-refractivity contribution in [2.75, 3.05) is 6.54 Å². The van der Waals surface area contributed by atoms with Gasteiger partial charge in [0, 0.05) is 23.3 Å². The zero-order valence-electron chi connectivity index (χ0n) is 11.2. The second-order valence-corrected chi connectivity index (χ2v) is 6.06. The molecule has 1 aromatic rings. The van der Waals surface area contributed by atoms with Gasteiger partial charge in [0.15, 0.2) is 0 Å². The Morgan fingerprint density at radius 3 is 3.28 bits per heavy atom. The van der Waals surface area contributed by atoms with Crippen LogP contribution in [-0.4, -0.2) is 12.6 Å². The minimum atomic E-state index is 0.608. The lowest BCUT2D eigenvalue weighted by Gasteiger charge is -2.31. The molecule has 1 heterocycles. The van der Waals surface area contributed by atoms with Crippen molar-refractivity contribution in [2.24, 2.45) is 0 Å². The van der Waals surface area contributed by atoms with Crippen LogP contribution in [0.25, 0.3) is 0 Å². The van der Waals surface area contributed by atoms with Crippen molar-refractivity contribution in [3.63, 3.8) is 0 Å². The molecule has 1 nitrogen and oxygen atoms in total. The first-order valence-corrected chi connectivity index (χ1v) is 7.98. The van der Waals surface area contributed by atoms with Gasteiger partial charge in [0.05, 0.1) is 0 Å². The van der Waals surface area contributed by atoms with E-state index < -0.39 is 0 Å². The Labute approximate surface area is 115 Å². The van der Waals surface area contributed by atoms with Crippen molar-refractivity contribution in [1.82, 2.24) is 5.32 Å². The van der Waals surface area contributed by atoms with E-state index in [4.69, 9.17) is 6.42 Å². The summed E-state index contributed by atoms with van der Waals surface area (Å²) in [6, 6.07) is 2.95. The molecule has 18 heavy (non-hydrogen) atoms. The molecule has 2 heteroatoms. The molecule has 1 aliphatic rings. The van der Waals surface area contributed by atoms with E-state index in [0.717, 1.165) is 19.4 Å². The average Bonchev–Trinajstić information content (AvgIpc) is 2.86. The van der Waals surface area contributed by atoms with Crippen molar-refractivity contribution < 1.29 is 0 Å². The van der Waals surface area contributed by atoms with E-state index in [2.05, 4.69) is 29.6 Å². The van der Waals surface area contributed by atoms with E-state index in [1.54, 1.807) is 10.4 Å². The third kappa shape index (κ3) is 3.16. The van der Waals surface area contributed by atoms with Crippen LogP contribution in [0.3, 0.4) is 0 Å². The van der Waals surface area contributed by atoms with Gasteiger partial charge in [-0.05, 0) is 55.7 Å². The SMILES string of the molecule is C#CCCCC(NCC)C1CCCc2sccc21. The summed E-state index contributed by atoms with van der Waals surface area (Å²) in [5.41, 5.74) is 1.61. The van der Waals surface area contributed by atoms with E-state index in [1.165, 1.54) is 25.7 Å². The minimum absolute atomic E-state index is 0.608. The van der Waals surface area contributed by atoms with Crippen LogP contribution in [0.2, 0.25) is 0 Å². The Bertz CT molecular complexity index is 401. The molecule has 2 atom stereocenters. The molecule has 1 aliphatic carbocycles. The van der Waals surface area contributed by atoms with Crippen LogP contribution >= 0.6 is 11.3 Å². The van der Waals surface area contributed by atoms with Crippen molar-refractivity contribution in [3.05, 3.63) is 21.9 Å². The molecule has 0 radical (unpaired) electrons. The fourth-order valence-corrected chi connectivity index (χ4v) is 4.07. The van der Waals surface area contributed by atoms with Gasteiger partial charge in [-0.15, -0.1) is 23.7 Å². The van der Waals surface area contributed by atoms with Crippen LogP contribution in [0.15, 0.2) is 11.4 Å². The fourth-order valence-electron chi connectivity index (χ4n) is 3.07. The molecule has 0 spiro atoms. The molecular formula is C16H23NS. The number of likely N-dealkylation sites (N-methyl/N-ethyl adjacent to an activating group) is 1. The predicted octanol–water partition coefficient (Wildman–Crippen LogP) is 3.95. The molecule has 0 aromatic carbocycles. The first kappa shape index (κ1) is 13.6. The lowest BCUT2D eigenvalue weighted by atomic mass is 9.80. The van der Waals surface area contributed by atoms with E-state index in [9.17, 15) is 0 Å². The van der Waals surface area contributed by atoms with Gasteiger partial charge < -0.3 is 5.32 Å². The summed E-state index contributed by atoms with van der Waals surface area (Å²) in [6.07, 6.45) is 12.6. The Kier molecular flexibility index (Phi) is 5.28. The maximum Gasteiger partial charge on any atom is 0.0136 e. The highest BCUT2D eigenvalue weighted by Gasteiger charge is 2.27. The van der Waals surface area contributed by atoms with Crippen LogP contribution in [0.4, 0.5) is 0 Å². The Morgan fingerprint density at radius 2 is 2.50 bits per heavy atom. The Morgan fingerprint density at radius 1 is 1.61 bits per heavy atom. The third-order valence-corrected chi connectivity index (χ3v) is 4.88. The number of aryl methyl sites for hydroxylation is 1. The number of hydrogen-bond donors (Lipinski definition) is 1. The second-order valence-electron chi connectivity index (χ2n) is 5.06. The van der Waals surface area contributed by atoms with Gasteiger partial charge in [-0.2, -0.15) is 0 Å². The summed E-state index contributed by atoms with van der Waals surface area (Å²) in [4.78, 5) is 1.62. The van der Waals surface area contributed by atoms with Crippen LogP contribution in [0, 0.1) is 12.3 Å². The number of rotatable bonds is 6. The van der Waals surface area contributed by atoms with Gasteiger partial charge in [0.2, 0.25) is 0 Å². The maximum absolute atomic E-state index is 5.36. The van der Waals surface area contributed by atoms with Gasteiger partial charge in [0.25, 0.3) is 0 Å². The van der Waals surface area contributed by atoms with Crippen LogP contribution in [0.1, 0.15) is 55.4 Å². The Balaban J connectivity index is 2.05. The topological polar surface area (TPSA) is 12.0 Å². The number of terminal acetylenes is 1. The smallest absolute Gasteiger partial charge is 0.0136 e. The molecule has 0 bridgehead atoms. The molecule has 0 amide bonds. The number of fused-ring (bicyclic) bond motifs is 1. The molecule has 2 rings (SSSR count). The number of nitrogens with one attached hydrogen (secondary N) is 1. The lowest BCUT2D eigenvalue weighted by Crippen LogP contribution is -2.36. The molecule has 0 fully saturated rings. The highest BCUT2D eigenvalue weighted by molar-refractivity contribution is 7.10. The summed E-state index contributed by atoms with van der Waals surface area (Å²) in [5, 5.41) is 5.94. The monoisotopic (exact) mass is 261 g/mol. The molecule has 1 N–H and O–H groups in total. The van der Waals surface area contributed by atoms with Crippen molar-refractivity contribution in [2.45, 2.75) is 57.4 Å². The van der Waals surface area contributed by atoms with Gasteiger partial charge in [0.1, 0.15) is 0 Å². The summed E-state index contributed by atoms with van der Waals surface area (Å²) >= 11 is 1.93. The molecule has 98 valence electrons. The number of thiophene rings is 1. The van der Waals surface area contributed by atoms with Crippen molar-refractivity contribution in [3.8, 4) is 12.3 Å². The van der Waals surface area contributed by atoms with Gasteiger partial charge in [-0.1, -0.05) is 6.92 Å². The molecule has 0 aliphatic heterocycles. The highest BCUT2D eigenvalue weighted by Crippen LogP contribution is 2.38. The highest BCUT2D eigenvalue weighted by atomic mass is 32.1. The van der Waals surface area contributed by atoms with E-state index in [0.29, 0.717) is 12.0 Å². The molecule has 0 saturated carbocycles. The van der Waals surface area contributed by atoms with E-state index in [1.807, 2.05) is 11.3 Å². The third-order valence-electron chi connectivity index (χ3n) is 3.89.